The average Bonchev–Trinajstić information content (AvgIpc) is 3.42. The van der Waals surface area contributed by atoms with Gasteiger partial charge in [-0.1, -0.05) is 43.7 Å². The first-order chi connectivity index (χ1) is 18.5. The van der Waals surface area contributed by atoms with E-state index in [-0.39, 0.29) is 18.2 Å². The zero-order chi connectivity index (χ0) is 26.6. The fraction of sp³-hybridized carbons (Fsp3) is 0.323. The molecule has 38 heavy (non-hydrogen) atoms. The van der Waals surface area contributed by atoms with Crippen LogP contribution in [0.2, 0.25) is 0 Å². The topological polar surface area (TPSA) is 93.0 Å². The highest BCUT2D eigenvalue weighted by Crippen LogP contribution is 2.41. The third-order valence-corrected chi connectivity index (χ3v) is 7.00. The lowest BCUT2D eigenvalue weighted by molar-refractivity contribution is -0.378. The number of hydrogen-bond acceptors (Lipinski definition) is 5. The Morgan fingerprint density at radius 2 is 2.00 bits per heavy atom. The van der Waals surface area contributed by atoms with Crippen LogP contribution in [-0.4, -0.2) is 29.3 Å². The monoisotopic (exact) mass is 512 g/mol. The van der Waals surface area contributed by atoms with Crippen LogP contribution in [0.3, 0.4) is 0 Å². The van der Waals surface area contributed by atoms with E-state index in [0.29, 0.717) is 29.9 Å². The van der Waals surface area contributed by atoms with Gasteiger partial charge in [0, 0.05) is 23.6 Å². The molecule has 2 unspecified atom stereocenters. The predicted molar refractivity (Wildman–Crippen MR) is 140 cm³/mol. The zero-order valence-corrected chi connectivity index (χ0v) is 21.7. The summed E-state index contributed by atoms with van der Waals surface area (Å²) in [6.45, 7) is 4.87. The van der Waals surface area contributed by atoms with Gasteiger partial charge in [-0.2, -0.15) is 0 Å². The third-order valence-electron chi connectivity index (χ3n) is 7.00. The molecule has 1 fully saturated rings. The van der Waals surface area contributed by atoms with Crippen molar-refractivity contribution in [2.24, 2.45) is 0 Å². The summed E-state index contributed by atoms with van der Waals surface area (Å²) in [4.78, 5) is 31.2. The summed E-state index contributed by atoms with van der Waals surface area (Å²) in [5, 5.41) is 13.9. The van der Waals surface area contributed by atoms with E-state index in [9.17, 15) is 14.7 Å². The molecule has 1 N–H and O–H groups in total. The minimum absolute atomic E-state index is 0.0312. The van der Waals surface area contributed by atoms with Crippen LogP contribution in [0.1, 0.15) is 61.4 Å². The molecule has 1 amide bonds. The van der Waals surface area contributed by atoms with Crippen LogP contribution < -0.4 is 19.6 Å². The van der Waals surface area contributed by atoms with Gasteiger partial charge in [-0.15, -0.1) is 0 Å². The molecule has 0 saturated carbocycles. The highest BCUT2D eigenvalue weighted by molar-refractivity contribution is 6.46. The van der Waals surface area contributed by atoms with Gasteiger partial charge in [0.2, 0.25) is 5.78 Å². The number of likely N-dealkylation sites (tertiary alicyclic amines) is 1. The lowest BCUT2D eigenvalue weighted by Crippen LogP contribution is -2.29. The van der Waals surface area contributed by atoms with Gasteiger partial charge in [0.25, 0.3) is 5.91 Å². The zero-order valence-electron chi connectivity index (χ0n) is 21.7. The number of H-pyrrole nitrogens is 1. The molecule has 5 rings (SSSR count). The maximum Gasteiger partial charge on any atom is 0.295 e. The highest BCUT2D eigenvalue weighted by atomic mass is 16.5. The molecule has 0 spiro atoms. The number of nitrogens with one attached hydrogen (secondary N) is 1. The number of ether oxygens (including phenoxy) is 2. The second kappa shape index (κ2) is 11.1. The van der Waals surface area contributed by atoms with Crippen LogP contribution in [0.4, 0.5) is 0 Å². The molecule has 2 aliphatic heterocycles. The van der Waals surface area contributed by atoms with E-state index in [0.717, 1.165) is 36.1 Å². The Balaban J connectivity index is 1.56. The predicted octanol–water partition coefficient (Wildman–Crippen LogP) is 3.82. The first kappa shape index (κ1) is 25.5. The van der Waals surface area contributed by atoms with E-state index < -0.39 is 23.5 Å². The summed E-state index contributed by atoms with van der Waals surface area (Å²) in [6.07, 6.45) is 7.38. The number of hydrogen-bond donors (Lipinski definition) is 0. The van der Waals surface area contributed by atoms with Crippen molar-refractivity contribution in [1.29, 1.82) is 0 Å². The van der Waals surface area contributed by atoms with Gasteiger partial charge >= 0.3 is 0 Å². The van der Waals surface area contributed by atoms with E-state index in [1.807, 2.05) is 43.3 Å². The van der Waals surface area contributed by atoms with Crippen molar-refractivity contribution in [2.45, 2.75) is 58.2 Å². The number of rotatable bonds is 9. The number of unbranched alkanes of at least 4 members (excludes halogenated alkanes) is 2. The molecule has 196 valence electrons. The third kappa shape index (κ3) is 5.14. The van der Waals surface area contributed by atoms with Crippen molar-refractivity contribution < 1.29 is 29.2 Å². The summed E-state index contributed by atoms with van der Waals surface area (Å²) < 4.78 is 11.7. The number of amides is 1. The summed E-state index contributed by atoms with van der Waals surface area (Å²) in [7, 11) is 0. The number of carbonyl (C=O) groups excluding carboxylic acids is 2. The standard InChI is InChI=1S/C31H32N2O5/c1-3-4-5-14-37-25-10-6-9-22(17-25)28-27(29(34)23-11-12-26-24(16-23)15-20(2)38-26)30(35)31(36)33(28)19-21-8-7-13-32-18-21/h6-13,16-18,20,28,34H,3-5,14-15,19H2,1-2H3. The van der Waals surface area contributed by atoms with Gasteiger partial charge in [0.15, 0.2) is 12.4 Å². The van der Waals surface area contributed by atoms with Crippen LogP contribution in [0.25, 0.3) is 5.76 Å². The molecular weight excluding hydrogens is 480 g/mol. The van der Waals surface area contributed by atoms with Gasteiger partial charge in [0.1, 0.15) is 17.6 Å². The second-order valence-corrected chi connectivity index (χ2v) is 9.90. The van der Waals surface area contributed by atoms with Crippen LogP contribution in [0, 0.1) is 0 Å². The molecular formula is C31H32N2O5. The van der Waals surface area contributed by atoms with Crippen LogP contribution in [0.15, 0.2) is 72.6 Å². The van der Waals surface area contributed by atoms with Crippen LogP contribution >= 0.6 is 0 Å². The minimum Gasteiger partial charge on any atom is -0.872 e. The summed E-state index contributed by atoms with van der Waals surface area (Å²) in [5.41, 5.74) is 2.76. The number of benzene rings is 2. The van der Waals surface area contributed by atoms with Crippen molar-refractivity contribution in [3.05, 3.63) is 94.8 Å². The molecule has 7 heteroatoms. The van der Waals surface area contributed by atoms with Crippen molar-refractivity contribution >= 4 is 17.4 Å². The smallest absolute Gasteiger partial charge is 0.295 e. The van der Waals surface area contributed by atoms with Gasteiger partial charge in [0.05, 0.1) is 19.2 Å². The van der Waals surface area contributed by atoms with E-state index in [1.54, 1.807) is 30.6 Å². The normalized spacial score (nSPS) is 19.9. The largest absolute Gasteiger partial charge is 0.872 e. The number of ketones is 1. The summed E-state index contributed by atoms with van der Waals surface area (Å²) in [6, 6.07) is 15.5. The molecule has 7 nitrogen and oxygen atoms in total. The number of nitrogens with zero attached hydrogens (tertiary/aromatic N) is 1. The Kier molecular flexibility index (Phi) is 7.45. The van der Waals surface area contributed by atoms with Gasteiger partial charge < -0.3 is 19.5 Å². The number of Topliss-reactive ketones (excluding diaryl/α,β-unsaturated/α-hetero) is 1. The van der Waals surface area contributed by atoms with E-state index in [1.165, 1.54) is 4.90 Å². The number of carbonyl (C=O) groups is 2. The number of aromatic amines is 1. The Morgan fingerprint density at radius 1 is 1.13 bits per heavy atom. The van der Waals surface area contributed by atoms with Crippen molar-refractivity contribution in [2.75, 3.05) is 6.61 Å². The van der Waals surface area contributed by atoms with E-state index >= 15 is 0 Å². The molecule has 1 aromatic heterocycles. The molecule has 0 radical (unpaired) electrons. The number of pyridine rings is 1. The minimum atomic E-state index is -0.828. The van der Waals surface area contributed by atoms with Gasteiger partial charge in [-0.3, -0.25) is 9.59 Å². The summed E-state index contributed by atoms with van der Waals surface area (Å²) in [5.74, 6) is -0.492. The average molecular weight is 513 g/mol. The number of fused-ring (bicyclic) bond motifs is 1. The van der Waals surface area contributed by atoms with Crippen molar-refractivity contribution in [1.82, 2.24) is 4.90 Å². The fourth-order valence-electron chi connectivity index (χ4n) is 5.14. The van der Waals surface area contributed by atoms with Crippen LogP contribution in [-0.2, 0) is 22.6 Å². The summed E-state index contributed by atoms with van der Waals surface area (Å²) >= 11 is 0. The first-order valence-corrected chi connectivity index (χ1v) is 13.2. The number of aromatic nitrogens is 1. The van der Waals surface area contributed by atoms with Crippen molar-refractivity contribution in [3.63, 3.8) is 0 Å². The van der Waals surface area contributed by atoms with E-state index in [2.05, 4.69) is 11.9 Å². The molecule has 3 aromatic rings. The Labute approximate surface area is 222 Å². The van der Waals surface area contributed by atoms with E-state index in [4.69, 9.17) is 9.47 Å². The lowest BCUT2D eigenvalue weighted by atomic mass is 9.94. The highest BCUT2D eigenvalue weighted by Gasteiger charge is 2.44. The lowest BCUT2D eigenvalue weighted by Gasteiger charge is -2.27. The Hall–Kier alpha value is -4.13. The quantitative estimate of drug-likeness (QED) is 0.188. The fourth-order valence-corrected chi connectivity index (χ4v) is 5.14. The van der Waals surface area contributed by atoms with Gasteiger partial charge in [-0.05, 0) is 60.4 Å². The molecule has 2 atom stereocenters. The van der Waals surface area contributed by atoms with Crippen LogP contribution in [0.5, 0.6) is 11.5 Å². The molecule has 1 saturated heterocycles. The molecule has 0 aliphatic carbocycles. The Bertz CT molecular complexity index is 1370. The first-order valence-electron chi connectivity index (χ1n) is 13.2. The molecule has 2 aliphatic rings. The molecule has 3 heterocycles. The SMILES string of the molecule is CCCCCOc1cccc(C2C(=C([O-])c3ccc4c(c3)CC(C)O4)C(=O)C(=O)N2Cc2ccc[nH+]c2)c1. The van der Waals surface area contributed by atoms with Gasteiger partial charge in [-0.25, -0.2) is 4.98 Å². The Morgan fingerprint density at radius 3 is 2.79 bits per heavy atom. The van der Waals surface area contributed by atoms with Crippen molar-refractivity contribution in [3.8, 4) is 11.5 Å². The maximum atomic E-state index is 13.9. The molecule has 2 aromatic carbocycles. The maximum absolute atomic E-state index is 13.9. The second-order valence-electron chi connectivity index (χ2n) is 9.90. The molecule has 0 bridgehead atoms.